The average molecular weight is 283 g/mol. The van der Waals surface area contributed by atoms with Gasteiger partial charge in [0.25, 0.3) is 10.0 Å². The summed E-state index contributed by atoms with van der Waals surface area (Å²) in [5, 5.41) is 0. The van der Waals surface area contributed by atoms with Crippen molar-refractivity contribution in [1.29, 1.82) is 0 Å². The molecule has 0 aliphatic carbocycles. The molecule has 0 aliphatic rings. The third-order valence-corrected chi connectivity index (χ3v) is 3.93. The van der Waals surface area contributed by atoms with Gasteiger partial charge < -0.3 is 0 Å². The minimum absolute atomic E-state index is 0.173. The first-order valence-corrected chi connectivity index (χ1v) is 7.22. The average Bonchev–Trinajstić information content (AvgIpc) is 2.39. The lowest BCUT2D eigenvalue weighted by molar-refractivity contribution is 0.601. The molecule has 2 aromatic rings. The molecule has 18 heavy (non-hydrogen) atoms. The fourth-order valence-electron chi connectivity index (χ4n) is 1.42. The summed E-state index contributed by atoms with van der Waals surface area (Å²) < 4.78 is 26.6. The van der Waals surface area contributed by atoms with Gasteiger partial charge >= 0.3 is 0 Å². The van der Waals surface area contributed by atoms with Crippen molar-refractivity contribution in [2.24, 2.45) is 0 Å². The van der Waals surface area contributed by atoms with E-state index in [1.165, 1.54) is 18.3 Å². The van der Waals surface area contributed by atoms with Gasteiger partial charge in [0.1, 0.15) is 5.82 Å². The van der Waals surface area contributed by atoms with Gasteiger partial charge in [-0.2, -0.15) is 0 Å². The minimum atomic E-state index is -3.62. The molecule has 1 heterocycles. The highest BCUT2D eigenvalue weighted by Crippen LogP contribution is 2.16. The summed E-state index contributed by atoms with van der Waals surface area (Å²) in [5.41, 5.74) is 0.751. The zero-order valence-corrected chi connectivity index (χ0v) is 10.9. The van der Waals surface area contributed by atoms with E-state index in [-0.39, 0.29) is 16.6 Å². The highest BCUT2D eigenvalue weighted by molar-refractivity contribution is 7.92. The van der Waals surface area contributed by atoms with Gasteiger partial charge in [0.05, 0.1) is 4.90 Å². The highest BCUT2D eigenvalue weighted by Gasteiger charge is 2.14. The van der Waals surface area contributed by atoms with Gasteiger partial charge in [-0.25, -0.2) is 13.4 Å². The van der Waals surface area contributed by atoms with E-state index in [1.54, 1.807) is 30.3 Å². The molecule has 0 saturated carbocycles. The van der Waals surface area contributed by atoms with E-state index in [4.69, 9.17) is 11.6 Å². The maximum atomic E-state index is 12.1. The van der Waals surface area contributed by atoms with E-state index in [9.17, 15) is 8.42 Å². The normalized spacial score (nSPS) is 11.2. The summed E-state index contributed by atoms with van der Waals surface area (Å²) in [5.74, 6) is 0.557. The van der Waals surface area contributed by atoms with Crippen LogP contribution in [0.1, 0.15) is 5.56 Å². The number of sulfonamides is 1. The lowest BCUT2D eigenvalue weighted by Crippen LogP contribution is -2.13. The molecule has 0 atom stereocenters. The fourth-order valence-corrected chi connectivity index (χ4v) is 2.66. The number of aromatic nitrogens is 1. The monoisotopic (exact) mass is 282 g/mol. The lowest BCUT2D eigenvalue weighted by atomic mass is 10.2. The molecule has 2 rings (SSSR count). The Morgan fingerprint density at radius 2 is 2.00 bits per heavy atom. The van der Waals surface area contributed by atoms with Crippen LogP contribution in [0, 0.1) is 0 Å². The first-order chi connectivity index (χ1) is 8.62. The van der Waals surface area contributed by atoms with Crippen LogP contribution in [0.2, 0.25) is 0 Å². The second-order valence-corrected chi connectivity index (χ2v) is 5.55. The smallest absolute Gasteiger partial charge is 0.263 e. The van der Waals surface area contributed by atoms with Crippen LogP contribution in [0.4, 0.5) is 5.82 Å². The Morgan fingerprint density at radius 3 is 2.67 bits per heavy atom. The van der Waals surface area contributed by atoms with E-state index >= 15 is 0 Å². The van der Waals surface area contributed by atoms with E-state index in [0.717, 1.165) is 5.56 Å². The number of pyridine rings is 1. The molecule has 0 bridgehead atoms. The van der Waals surface area contributed by atoms with Crippen molar-refractivity contribution in [3.8, 4) is 0 Å². The summed E-state index contributed by atoms with van der Waals surface area (Å²) in [4.78, 5) is 4.09. The standard InChI is InChI=1S/C12H11ClN2O2S/c13-9-10-4-3-5-11(8-10)18(16,17)15-12-6-1-2-7-14-12/h1-8H,9H2,(H,14,15). The Morgan fingerprint density at radius 1 is 1.17 bits per heavy atom. The Kier molecular flexibility index (Phi) is 3.84. The molecule has 4 nitrogen and oxygen atoms in total. The first kappa shape index (κ1) is 12.9. The molecule has 94 valence electrons. The van der Waals surface area contributed by atoms with Gasteiger partial charge in [0.15, 0.2) is 0 Å². The first-order valence-electron chi connectivity index (χ1n) is 5.20. The van der Waals surface area contributed by atoms with Crippen molar-refractivity contribution in [3.05, 3.63) is 54.2 Å². The SMILES string of the molecule is O=S(=O)(Nc1ccccn1)c1cccc(CCl)c1. The number of halogens is 1. The molecule has 0 spiro atoms. The second-order valence-electron chi connectivity index (χ2n) is 3.60. The van der Waals surface area contributed by atoms with Gasteiger partial charge in [-0.05, 0) is 29.8 Å². The molecule has 0 saturated heterocycles. The van der Waals surface area contributed by atoms with Gasteiger partial charge in [-0.1, -0.05) is 18.2 Å². The fraction of sp³-hybridized carbons (Fsp3) is 0.0833. The third kappa shape index (κ3) is 3.00. The number of rotatable bonds is 4. The lowest BCUT2D eigenvalue weighted by Gasteiger charge is -2.07. The number of nitrogens with zero attached hydrogens (tertiary/aromatic N) is 1. The van der Waals surface area contributed by atoms with Gasteiger partial charge in [-0.15, -0.1) is 11.6 Å². The van der Waals surface area contributed by atoms with Crippen molar-refractivity contribution in [2.75, 3.05) is 4.72 Å². The van der Waals surface area contributed by atoms with Gasteiger partial charge in [-0.3, -0.25) is 4.72 Å². The van der Waals surface area contributed by atoms with Crippen molar-refractivity contribution in [1.82, 2.24) is 4.98 Å². The highest BCUT2D eigenvalue weighted by atomic mass is 35.5. The molecule has 1 aromatic carbocycles. The predicted octanol–water partition coefficient (Wildman–Crippen LogP) is 2.62. The van der Waals surface area contributed by atoms with Crippen LogP contribution < -0.4 is 4.72 Å². The van der Waals surface area contributed by atoms with Crippen LogP contribution in [-0.2, 0) is 15.9 Å². The van der Waals surface area contributed by atoms with Crippen LogP contribution in [0.25, 0.3) is 0 Å². The van der Waals surface area contributed by atoms with Crippen molar-refractivity contribution in [3.63, 3.8) is 0 Å². The number of hydrogen-bond acceptors (Lipinski definition) is 3. The van der Waals surface area contributed by atoms with Crippen molar-refractivity contribution >= 4 is 27.4 Å². The summed E-state index contributed by atoms with van der Waals surface area (Å²) in [6.07, 6.45) is 1.52. The summed E-state index contributed by atoms with van der Waals surface area (Å²) in [7, 11) is -3.62. The van der Waals surface area contributed by atoms with Crippen molar-refractivity contribution in [2.45, 2.75) is 10.8 Å². The molecule has 1 aromatic heterocycles. The van der Waals surface area contributed by atoms with E-state index in [1.807, 2.05) is 0 Å². The summed E-state index contributed by atoms with van der Waals surface area (Å²) in [6, 6.07) is 11.5. The van der Waals surface area contributed by atoms with Crippen LogP contribution in [0.15, 0.2) is 53.6 Å². The molecule has 0 radical (unpaired) electrons. The molecule has 0 unspecified atom stereocenters. The van der Waals surface area contributed by atoms with Crippen LogP contribution >= 0.6 is 11.6 Å². The maximum Gasteiger partial charge on any atom is 0.263 e. The number of benzene rings is 1. The summed E-state index contributed by atoms with van der Waals surface area (Å²) in [6.45, 7) is 0. The molecule has 0 amide bonds. The van der Waals surface area contributed by atoms with Crippen LogP contribution in [0.3, 0.4) is 0 Å². The second kappa shape index (κ2) is 5.37. The van der Waals surface area contributed by atoms with E-state index < -0.39 is 10.0 Å². The van der Waals surface area contributed by atoms with Crippen molar-refractivity contribution < 1.29 is 8.42 Å². The molecule has 0 aliphatic heterocycles. The molecule has 6 heteroatoms. The number of anilines is 1. The Hall–Kier alpha value is -1.59. The number of hydrogen-bond donors (Lipinski definition) is 1. The maximum absolute atomic E-state index is 12.1. The zero-order valence-electron chi connectivity index (χ0n) is 9.38. The third-order valence-electron chi connectivity index (χ3n) is 2.27. The molecule has 0 fully saturated rings. The number of nitrogens with one attached hydrogen (secondary N) is 1. The minimum Gasteiger partial charge on any atom is -0.263 e. The molecular weight excluding hydrogens is 272 g/mol. The van der Waals surface area contributed by atoms with Crippen LogP contribution in [0.5, 0.6) is 0 Å². The Labute approximate surface area is 111 Å². The predicted molar refractivity (Wildman–Crippen MR) is 71.0 cm³/mol. The quantitative estimate of drug-likeness (QED) is 0.877. The zero-order chi connectivity index (χ0) is 13.0. The Bertz CT molecular complexity index is 630. The van der Waals surface area contributed by atoms with E-state index in [0.29, 0.717) is 0 Å². The molecular formula is C12H11ClN2O2S. The topological polar surface area (TPSA) is 59.1 Å². The van der Waals surface area contributed by atoms with Gasteiger partial charge in [0.2, 0.25) is 0 Å². The molecule has 1 N–H and O–H groups in total. The Balaban J connectivity index is 2.31. The summed E-state index contributed by atoms with van der Waals surface area (Å²) >= 11 is 5.68. The van der Waals surface area contributed by atoms with Gasteiger partial charge in [0, 0.05) is 12.1 Å². The van der Waals surface area contributed by atoms with Crippen LogP contribution in [-0.4, -0.2) is 13.4 Å². The number of alkyl halides is 1. The van der Waals surface area contributed by atoms with E-state index in [2.05, 4.69) is 9.71 Å². The largest absolute Gasteiger partial charge is 0.263 e.